The first-order valence-corrected chi connectivity index (χ1v) is 11.9. The van der Waals surface area contributed by atoms with Crippen LogP contribution in [0.1, 0.15) is 40.3 Å². The number of phenols is 1. The van der Waals surface area contributed by atoms with Crippen molar-refractivity contribution >= 4 is 34.6 Å². The summed E-state index contributed by atoms with van der Waals surface area (Å²) in [5.41, 5.74) is 7.09. The number of aromatic hydroxyl groups is 1. The highest BCUT2D eigenvalue weighted by atomic mass is 35.5. The predicted molar refractivity (Wildman–Crippen MR) is 141 cm³/mol. The molecule has 5 nitrogen and oxygen atoms in total. The fourth-order valence-electron chi connectivity index (χ4n) is 5.02. The molecule has 0 spiro atoms. The monoisotopic (exact) mass is 488 g/mol. The van der Waals surface area contributed by atoms with E-state index in [9.17, 15) is 5.11 Å². The second-order valence-electron chi connectivity index (χ2n) is 8.51. The lowest BCUT2D eigenvalue weighted by molar-refractivity contribution is 0.472. The number of halogens is 1. The summed E-state index contributed by atoms with van der Waals surface area (Å²) in [7, 11) is 0. The van der Waals surface area contributed by atoms with Gasteiger partial charge in [-0.2, -0.15) is 0 Å². The topological polar surface area (TPSA) is 53.3 Å². The second-order valence-corrected chi connectivity index (χ2v) is 9.33. The van der Waals surface area contributed by atoms with Crippen LogP contribution in [-0.2, 0) is 0 Å². The molecule has 4 aromatic rings. The van der Waals surface area contributed by atoms with E-state index in [1.54, 1.807) is 12.3 Å². The van der Waals surface area contributed by atoms with Gasteiger partial charge in [-0.1, -0.05) is 35.9 Å². The van der Waals surface area contributed by atoms with Crippen molar-refractivity contribution in [2.75, 3.05) is 4.90 Å². The molecule has 0 amide bonds. The van der Waals surface area contributed by atoms with E-state index >= 15 is 0 Å². The first-order chi connectivity index (χ1) is 16.4. The van der Waals surface area contributed by atoms with Gasteiger partial charge in [0.1, 0.15) is 5.75 Å². The molecule has 2 aromatic heterocycles. The van der Waals surface area contributed by atoms with Crippen molar-refractivity contribution in [3.63, 3.8) is 0 Å². The molecule has 1 saturated heterocycles. The predicted octanol–water partition coefficient (Wildman–Crippen LogP) is 6.33. The number of benzene rings is 2. The van der Waals surface area contributed by atoms with Gasteiger partial charge in [0, 0.05) is 33.9 Å². The average molecular weight is 489 g/mol. The minimum absolute atomic E-state index is 0.180. The van der Waals surface area contributed by atoms with Gasteiger partial charge in [-0.25, -0.2) is 0 Å². The maximum Gasteiger partial charge on any atom is 0.174 e. The Bertz CT molecular complexity index is 1380. The highest BCUT2D eigenvalue weighted by molar-refractivity contribution is 7.80. The zero-order chi connectivity index (χ0) is 24.0. The molecule has 1 aliphatic heterocycles. The lowest BCUT2D eigenvalue weighted by Gasteiger charge is -2.29. The molecular weight excluding hydrogens is 464 g/mol. The van der Waals surface area contributed by atoms with Gasteiger partial charge in [0.25, 0.3) is 0 Å². The highest BCUT2D eigenvalue weighted by Gasteiger charge is 2.44. The zero-order valence-electron chi connectivity index (χ0n) is 19.2. The Kier molecular flexibility index (Phi) is 5.80. The molecule has 0 aliphatic carbocycles. The first kappa shape index (κ1) is 22.4. The molecular formula is C27H25ClN4OS. The van der Waals surface area contributed by atoms with Crippen molar-refractivity contribution in [3.8, 4) is 11.4 Å². The number of rotatable bonds is 4. The van der Waals surface area contributed by atoms with Crippen LogP contribution in [-0.4, -0.2) is 19.8 Å². The average Bonchev–Trinajstić information content (AvgIpc) is 3.27. The van der Waals surface area contributed by atoms with Crippen LogP contribution < -0.4 is 10.2 Å². The van der Waals surface area contributed by atoms with Crippen LogP contribution >= 0.6 is 23.8 Å². The van der Waals surface area contributed by atoms with E-state index in [4.69, 9.17) is 23.8 Å². The lowest BCUT2D eigenvalue weighted by atomic mass is 9.93. The van der Waals surface area contributed by atoms with Gasteiger partial charge in [-0.05, 0) is 81.0 Å². The number of nitrogens with zero attached hydrogens (tertiary/aromatic N) is 3. The van der Waals surface area contributed by atoms with E-state index in [2.05, 4.69) is 41.7 Å². The van der Waals surface area contributed by atoms with E-state index in [0.29, 0.717) is 15.8 Å². The van der Waals surface area contributed by atoms with E-state index in [0.717, 1.165) is 33.9 Å². The third-order valence-electron chi connectivity index (χ3n) is 6.61. The molecule has 5 rings (SSSR count). The van der Waals surface area contributed by atoms with Crippen LogP contribution in [0.15, 0.2) is 72.9 Å². The largest absolute Gasteiger partial charge is 0.506 e. The molecule has 7 heteroatoms. The van der Waals surface area contributed by atoms with Gasteiger partial charge in [-0.3, -0.25) is 4.98 Å². The molecule has 0 saturated carbocycles. The standard InChI is InChI=1S/C27H25ClN4OS/c1-16-17(2)31(20-10-8-9-19(28)15-20)18(3)24(16)26-25(21-11-6-7-14-29-21)30-27(34)32(26)22-12-4-5-13-23(22)33/h4-15,25-26,33H,1-3H3,(H,30,34). The quantitative estimate of drug-likeness (QED) is 0.328. The third-order valence-corrected chi connectivity index (χ3v) is 7.16. The van der Waals surface area contributed by atoms with Crippen molar-refractivity contribution in [2.24, 2.45) is 0 Å². The minimum atomic E-state index is -0.213. The van der Waals surface area contributed by atoms with Crippen molar-refractivity contribution in [2.45, 2.75) is 32.9 Å². The summed E-state index contributed by atoms with van der Waals surface area (Å²) in [4.78, 5) is 6.66. The van der Waals surface area contributed by atoms with E-state index in [1.165, 1.54) is 0 Å². The Hall–Kier alpha value is -3.35. The fourth-order valence-corrected chi connectivity index (χ4v) is 5.54. The summed E-state index contributed by atoms with van der Waals surface area (Å²) in [6.07, 6.45) is 1.79. The molecule has 2 atom stereocenters. The lowest BCUT2D eigenvalue weighted by Crippen LogP contribution is -2.29. The van der Waals surface area contributed by atoms with Crippen LogP contribution in [0.25, 0.3) is 5.69 Å². The maximum absolute atomic E-state index is 10.8. The SMILES string of the molecule is Cc1c(C2C(c3ccccn3)NC(=S)N2c2ccccc2O)c(C)n(-c2cccc(Cl)c2)c1C. The van der Waals surface area contributed by atoms with Crippen LogP contribution in [0.4, 0.5) is 5.69 Å². The number of nitrogens with one attached hydrogen (secondary N) is 1. The van der Waals surface area contributed by atoms with Crippen molar-refractivity contribution < 1.29 is 5.11 Å². The number of anilines is 1. The zero-order valence-corrected chi connectivity index (χ0v) is 20.7. The third kappa shape index (κ3) is 3.63. The Morgan fingerprint density at radius 1 is 0.971 bits per heavy atom. The molecule has 2 N–H and O–H groups in total. The van der Waals surface area contributed by atoms with E-state index < -0.39 is 0 Å². The van der Waals surface area contributed by atoms with Crippen LogP contribution in [0.3, 0.4) is 0 Å². The van der Waals surface area contributed by atoms with Gasteiger partial charge < -0.3 is 19.9 Å². The van der Waals surface area contributed by atoms with Gasteiger partial charge in [0.05, 0.1) is 23.5 Å². The Balaban J connectivity index is 1.75. The van der Waals surface area contributed by atoms with Gasteiger partial charge in [0.15, 0.2) is 5.11 Å². The van der Waals surface area contributed by atoms with Crippen molar-refractivity contribution in [1.29, 1.82) is 0 Å². The number of aromatic nitrogens is 2. The smallest absolute Gasteiger partial charge is 0.174 e. The number of pyridine rings is 1. The normalized spacial score (nSPS) is 17.8. The summed E-state index contributed by atoms with van der Waals surface area (Å²) in [5, 5.41) is 15.5. The molecule has 2 unspecified atom stereocenters. The molecule has 1 fully saturated rings. The van der Waals surface area contributed by atoms with Gasteiger partial charge in [-0.15, -0.1) is 0 Å². The van der Waals surface area contributed by atoms with E-state index in [-0.39, 0.29) is 17.8 Å². The summed E-state index contributed by atoms with van der Waals surface area (Å²) < 4.78 is 2.23. The number of hydrogen-bond donors (Lipinski definition) is 2. The maximum atomic E-state index is 10.8. The summed E-state index contributed by atoms with van der Waals surface area (Å²) in [6, 6.07) is 20.7. The molecule has 34 heavy (non-hydrogen) atoms. The molecule has 172 valence electrons. The van der Waals surface area contributed by atoms with Crippen molar-refractivity contribution in [1.82, 2.24) is 14.9 Å². The number of phenolic OH excluding ortho intramolecular Hbond substituents is 1. The molecule has 0 radical (unpaired) electrons. The Morgan fingerprint density at radius 2 is 1.74 bits per heavy atom. The first-order valence-electron chi connectivity index (χ1n) is 11.1. The fraction of sp³-hybridized carbons (Fsp3) is 0.185. The molecule has 1 aliphatic rings. The highest BCUT2D eigenvalue weighted by Crippen LogP contribution is 2.47. The number of thiocarbonyl (C=S) groups is 1. The van der Waals surface area contributed by atoms with Crippen LogP contribution in [0.2, 0.25) is 5.02 Å². The van der Waals surface area contributed by atoms with Crippen LogP contribution in [0.5, 0.6) is 5.75 Å². The second kappa shape index (κ2) is 8.78. The molecule has 2 aromatic carbocycles. The number of para-hydroxylation sites is 2. The minimum Gasteiger partial charge on any atom is -0.506 e. The summed E-state index contributed by atoms with van der Waals surface area (Å²) in [5.74, 6) is 0.180. The summed E-state index contributed by atoms with van der Waals surface area (Å²) >= 11 is 12.2. The number of hydrogen-bond acceptors (Lipinski definition) is 3. The van der Waals surface area contributed by atoms with Gasteiger partial charge >= 0.3 is 0 Å². The van der Waals surface area contributed by atoms with Gasteiger partial charge in [0.2, 0.25) is 0 Å². The Morgan fingerprint density at radius 3 is 2.44 bits per heavy atom. The van der Waals surface area contributed by atoms with Crippen molar-refractivity contribution in [3.05, 3.63) is 106 Å². The van der Waals surface area contributed by atoms with Crippen LogP contribution in [0, 0.1) is 20.8 Å². The Labute approximate surface area is 209 Å². The molecule has 0 bridgehead atoms. The van der Waals surface area contributed by atoms with E-state index in [1.807, 2.05) is 59.5 Å². The molecule has 3 heterocycles. The summed E-state index contributed by atoms with van der Waals surface area (Å²) in [6.45, 7) is 6.38.